The molecule has 0 saturated heterocycles. The smallest absolute Gasteiger partial charge is 0.257 e. The lowest BCUT2D eigenvalue weighted by Crippen LogP contribution is -2.31. The molecule has 0 aromatic carbocycles. The fourth-order valence-corrected chi connectivity index (χ4v) is 2.45. The molecule has 17 heavy (non-hydrogen) atoms. The number of pyridine rings is 1. The number of carbonyl (C=O) groups is 1. The van der Waals surface area contributed by atoms with E-state index < -0.39 is 0 Å². The Balaban J connectivity index is 2.01. The Kier molecular flexibility index (Phi) is 3.61. The first-order valence-corrected chi connectivity index (χ1v) is 6.13. The van der Waals surface area contributed by atoms with Gasteiger partial charge in [-0.3, -0.25) is 9.78 Å². The molecule has 1 amide bonds. The van der Waals surface area contributed by atoms with Gasteiger partial charge < -0.3 is 10.6 Å². The Bertz CT molecular complexity index is 399. The SMILES string of the molecule is CN(CC1CCCC1)C(=O)c1cnccc1N. The third kappa shape index (κ3) is 2.75. The van der Waals surface area contributed by atoms with Crippen LogP contribution in [-0.4, -0.2) is 29.4 Å². The van der Waals surface area contributed by atoms with Gasteiger partial charge in [0, 0.05) is 31.7 Å². The van der Waals surface area contributed by atoms with Crippen molar-refractivity contribution in [3.63, 3.8) is 0 Å². The summed E-state index contributed by atoms with van der Waals surface area (Å²) in [6.07, 6.45) is 8.20. The number of rotatable bonds is 3. The second-order valence-corrected chi connectivity index (χ2v) is 4.80. The summed E-state index contributed by atoms with van der Waals surface area (Å²) >= 11 is 0. The Morgan fingerprint density at radius 3 is 2.88 bits per heavy atom. The summed E-state index contributed by atoms with van der Waals surface area (Å²) in [5.41, 5.74) is 6.79. The van der Waals surface area contributed by atoms with Crippen molar-refractivity contribution in [2.24, 2.45) is 5.92 Å². The van der Waals surface area contributed by atoms with Crippen LogP contribution in [0.2, 0.25) is 0 Å². The molecule has 2 N–H and O–H groups in total. The van der Waals surface area contributed by atoms with Crippen LogP contribution in [0.25, 0.3) is 0 Å². The van der Waals surface area contributed by atoms with Crippen LogP contribution in [0.4, 0.5) is 5.69 Å². The van der Waals surface area contributed by atoms with E-state index in [9.17, 15) is 4.79 Å². The summed E-state index contributed by atoms with van der Waals surface area (Å²) in [6, 6.07) is 1.66. The molecule has 0 atom stereocenters. The molecule has 0 aliphatic heterocycles. The highest BCUT2D eigenvalue weighted by atomic mass is 16.2. The van der Waals surface area contributed by atoms with Crippen molar-refractivity contribution in [1.29, 1.82) is 0 Å². The van der Waals surface area contributed by atoms with Crippen LogP contribution < -0.4 is 5.73 Å². The number of nitrogens with two attached hydrogens (primary N) is 1. The first-order valence-electron chi connectivity index (χ1n) is 6.13. The molecule has 4 nitrogen and oxygen atoms in total. The fourth-order valence-electron chi connectivity index (χ4n) is 2.45. The van der Waals surface area contributed by atoms with Crippen molar-refractivity contribution in [3.8, 4) is 0 Å². The van der Waals surface area contributed by atoms with Crippen LogP contribution >= 0.6 is 0 Å². The zero-order valence-electron chi connectivity index (χ0n) is 10.2. The molecular weight excluding hydrogens is 214 g/mol. The summed E-state index contributed by atoms with van der Waals surface area (Å²) in [5.74, 6) is 0.629. The summed E-state index contributed by atoms with van der Waals surface area (Å²) in [4.78, 5) is 17.9. The van der Waals surface area contributed by atoms with Crippen LogP contribution in [0.5, 0.6) is 0 Å². The highest BCUT2D eigenvalue weighted by molar-refractivity contribution is 5.98. The largest absolute Gasteiger partial charge is 0.398 e. The fraction of sp³-hybridized carbons (Fsp3) is 0.538. The average Bonchev–Trinajstić information content (AvgIpc) is 2.81. The first-order chi connectivity index (χ1) is 8.18. The van der Waals surface area contributed by atoms with Gasteiger partial charge in [0.05, 0.1) is 5.56 Å². The number of nitrogens with zero attached hydrogens (tertiary/aromatic N) is 2. The van der Waals surface area contributed by atoms with Crippen LogP contribution in [0, 0.1) is 5.92 Å². The van der Waals surface area contributed by atoms with Gasteiger partial charge in [0.2, 0.25) is 0 Å². The second-order valence-electron chi connectivity index (χ2n) is 4.80. The Morgan fingerprint density at radius 2 is 2.24 bits per heavy atom. The molecule has 1 fully saturated rings. The predicted molar refractivity (Wildman–Crippen MR) is 67.6 cm³/mol. The van der Waals surface area contributed by atoms with E-state index in [-0.39, 0.29) is 5.91 Å². The van der Waals surface area contributed by atoms with Crippen LogP contribution in [0.15, 0.2) is 18.5 Å². The maximum atomic E-state index is 12.2. The van der Waals surface area contributed by atoms with E-state index >= 15 is 0 Å². The average molecular weight is 233 g/mol. The minimum atomic E-state index is -0.0255. The Labute approximate surface area is 102 Å². The van der Waals surface area contributed by atoms with Crippen LogP contribution in [0.1, 0.15) is 36.0 Å². The van der Waals surface area contributed by atoms with Gasteiger partial charge in [-0.25, -0.2) is 0 Å². The van der Waals surface area contributed by atoms with E-state index in [0.29, 0.717) is 17.2 Å². The van der Waals surface area contributed by atoms with Gasteiger partial charge in [-0.2, -0.15) is 0 Å². The van der Waals surface area contributed by atoms with Gasteiger partial charge in [0.25, 0.3) is 5.91 Å². The summed E-state index contributed by atoms with van der Waals surface area (Å²) in [6.45, 7) is 0.827. The zero-order chi connectivity index (χ0) is 12.3. The Morgan fingerprint density at radius 1 is 1.53 bits per heavy atom. The van der Waals surface area contributed by atoms with Crippen LogP contribution in [-0.2, 0) is 0 Å². The van der Waals surface area contributed by atoms with Gasteiger partial charge in [0.1, 0.15) is 0 Å². The van der Waals surface area contributed by atoms with Crippen molar-refractivity contribution in [2.45, 2.75) is 25.7 Å². The molecule has 92 valence electrons. The minimum Gasteiger partial charge on any atom is -0.398 e. The number of anilines is 1. The summed E-state index contributed by atoms with van der Waals surface area (Å²) in [7, 11) is 1.84. The van der Waals surface area contributed by atoms with E-state index in [1.807, 2.05) is 7.05 Å². The molecule has 0 spiro atoms. The monoisotopic (exact) mass is 233 g/mol. The number of nitrogen functional groups attached to an aromatic ring is 1. The third-order valence-electron chi connectivity index (χ3n) is 3.44. The lowest BCUT2D eigenvalue weighted by atomic mass is 10.1. The highest BCUT2D eigenvalue weighted by Gasteiger charge is 2.21. The van der Waals surface area contributed by atoms with Crippen molar-refractivity contribution in [1.82, 2.24) is 9.88 Å². The zero-order valence-corrected chi connectivity index (χ0v) is 10.2. The minimum absolute atomic E-state index is 0.0255. The second kappa shape index (κ2) is 5.17. The van der Waals surface area contributed by atoms with Gasteiger partial charge >= 0.3 is 0 Å². The molecule has 2 rings (SSSR count). The van der Waals surface area contributed by atoms with E-state index in [0.717, 1.165) is 6.54 Å². The van der Waals surface area contributed by atoms with E-state index in [4.69, 9.17) is 5.73 Å². The highest BCUT2D eigenvalue weighted by Crippen LogP contribution is 2.25. The molecule has 0 radical (unpaired) electrons. The normalized spacial score (nSPS) is 16.1. The maximum Gasteiger partial charge on any atom is 0.257 e. The van der Waals surface area contributed by atoms with Gasteiger partial charge in [-0.05, 0) is 24.8 Å². The van der Waals surface area contributed by atoms with Gasteiger partial charge in [-0.1, -0.05) is 12.8 Å². The number of aromatic nitrogens is 1. The molecule has 0 unspecified atom stereocenters. The van der Waals surface area contributed by atoms with E-state index in [1.54, 1.807) is 23.4 Å². The first kappa shape index (κ1) is 11.9. The van der Waals surface area contributed by atoms with E-state index in [1.165, 1.54) is 25.7 Å². The molecule has 1 heterocycles. The third-order valence-corrected chi connectivity index (χ3v) is 3.44. The maximum absolute atomic E-state index is 12.2. The molecular formula is C13H19N3O. The van der Waals surface area contributed by atoms with Crippen molar-refractivity contribution < 1.29 is 4.79 Å². The van der Waals surface area contributed by atoms with Crippen molar-refractivity contribution >= 4 is 11.6 Å². The van der Waals surface area contributed by atoms with Crippen molar-refractivity contribution in [3.05, 3.63) is 24.0 Å². The standard InChI is InChI=1S/C13H19N3O/c1-16(9-10-4-2-3-5-10)13(17)11-8-15-7-6-12(11)14/h6-8,10H,2-5,9H2,1H3,(H2,14,15). The summed E-state index contributed by atoms with van der Waals surface area (Å²) < 4.78 is 0. The molecule has 1 aromatic heterocycles. The number of carbonyl (C=O) groups excluding carboxylic acids is 1. The molecule has 1 aromatic rings. The molecule has 1 saturated carbocycles. The number of hydrogen-bond donors (Lipinski definition) is 1. The van der Waals surface area contributed by atoms with E-state index in [2.05, 4.69) is 4.98 Å². The number of amides is 1. The molecule has 0 bridgehead atoms. The van der Waals surface area contributed by atoms with Gasteiger partial charge in [-0.15, -0.1) is 0 Å². The lowest BCUT2D eigenvalue weighted by Gasteiger charge is -2.21. The predicted octanol–water partition coefficient (Wildman–Crippen LogP) is 1.93. The lowest BCUT2D eigenvalue weighted by molar-refractivity contribution is 0.0774. The molecule has 4 heteroatoms. The topological polar surface area (TPSA) is 59.2 Å². The number of hydrogen-bond acceptors (Lipinski definition) is 3. The quantitative estimate of drug-likeness (QED) is 0.867. The Hall–Kier alpha value is -1.58. The summed E-state index contributed by atoms with van der Waals surface area (Å²) in [5, 5.41) is 0. The molecule has 1 aliphatic rings. The van der Waals surface area contributed by atoms with Crippen LogP contribution in [0.3, 0.4) is 0 Å². The van der Waals surface area contributed by atoms with Crippen molar-refractivity contribution in [2.75, 3.05) is 19.3 Å². The van der Waals surface area contributed by atoms with Gasteiger partial charge in [0.15, 0.2) is 0 Å². The molecule has 1 aliphatic carbocycles.